The normalized spacial score (nSPS) is 11.2. The van der Waals surface area contributed by atoms with Crippen LogP contribution >= 0.6 is 23.8 Å². The van der Waals surface area contributed by atoms with E-state index in [4.69, 9.17) is 23.8 Å². The maximum Gasteiger partial charge on any atom is 0.335 e. The minimum absolute atomic E-state index is 0.128. The van der Waals surface area contributed by atoms with Crippen LogP contribution in [0.4, 0.5) is 5.69 Å². The van der Waals surface area contributed by atoms with E-state index in [2.05, 4.69) is 20.8 Å². The lowest BCUT2D eigenvalue weighted by atomic mass is 10.2. The molecule has 148 valence electrons. The molecule has 0 amide bonds. The van der Waals surface area contributed by atoms with E-state index in [-0.39, 0.29) is 16.4 Å². The number of aromatic nitrogens is 2. The molecule has 10 heteroatoms. The molecule has 0 aliphatic heterocycles. The Labute approximate surface area is 175 Å². The number of anilines is 1. The summed E-state index contributed by atoms with van der Waals surface area (Å²) >= 11 is 11.0. The highest BCUT2D eigenvalue weighted by Gasteiger charge is 2.18. The van der Waals surface area contributed by atoms with Gasteiger partial charge in [-0.2, -0.15) is 5.10 Å². The quantitative estimate of drug-likeness (QED) is 0.288. The molecule has 29 heavy (non-hydrogen) atoms. The smallest absolute Gasteiger partial charge is 0.335 e. The number of nitrogens with one attached hydrogen (secondary N) is 3. The molecule has 0 saturated carbocycles. The molecular weight excluding hydrogens is 414 g/mol. The zero-order valence-corrected chi connectivity index (χ0v) is 16.7. The average Bonchev–Trinajstić information content (AvgIpc) is 2.68. The number of rotatable bonds is 4. The minimum atomic E-state index is -0.791. The highest BCUT2D eigenvalue weighted by Crippen LogP contribution is 2.19. The first-order valence-corrected chi connectivity index (χ1v) is 9.16. The first-order valence-electron chi connectivity index (χ1n) is 8.38. The van der Waals surface area contributed by atoms with E-state index in [1.54, 1.807) is 12.1 Å². The van der Waals surface area contributed by atoms with Gasteiger partial charge in [-0.25, -0.2) is 9.36 Å². The third kappa shape index (κ3) is 4.71. The fourth-order valence-electron chi connectivity index (χ4n) is 2.55. The molecule has 0 unspecified atom stereocenters. The van der Waals surface area contributed by atoms with Crippen molar-refractivity contribution in [3.05, 3.63) is 86.0 Å². The molecule has 3 aromatic rings. The van der Waals surface area contributed by atoms with E-state index in [9.17, 15) is 14.7 Å². The predicted molar refractivity (Wildman–Crippen MR) is 117 cm³/mol. The lowest BCUT2D eigenvalue weighted by Gasteiger charge is -2.12. The van der Waals surface area contributed by atoms with Gasteiger partial charge < -0.3 is 10.4 Å². The number of halogens is 1. The summed E-state index contributed by atoms with van der Waals surface area (Å²) in [6.07, 6.45) is 0. The van der Waals surface area contributed by atoms with Gasteiger partial charge in [0.25, 0.3) is 5.56 Å². The van der Waals surface area contributed by atoms with Gasteiger partial charge >= 0.3 is 5.69 Å². The van der Waals surface area contributed by atoms with E-state index < -0.39 is 17.1 Å². The van der Waals surface area contributed by atoms with Gasteiger partial charge in [-0.15, -0.1) is 0 Å². The molecule has 0 aliphatic rings. The van der Waals surface area contributed by atoms with Crippen LogP contribution in [0.1, 0.15) is 12.5 Å². The number of para-hydroxylation sites is 1. The molecule has 2 aromatic carbocycles. The monoisotopic (exact) mass is 429 g/mol. The van der Waals surface area contributed by atoms with Crippen molar-refractivity contribution >= 4 is 40.3 Å². The Balaban J connectivity index is 1.91. The van der Waals surface area contributed by atoms with Crippen LogP contribution in [0.5, 0.6) is 5.88 Å². The maximum atomic E-state index is 12.3. The number of aromatic amines is 1. The fourth-order valence-corrected chi connectivity index (χ4v) is 2.84. The molecule has 1 heterocycles. The second kappa shape index (κ2) is 8.72. The predicted octanol–water partition coefficient (Wildman–Crippen LogP) is 2.60. The van der Waals surface area contributed by atoms with Crippen LogP contribution in [0, 0.1) is 0 Å². The molecule has 0 aliphatic carbocycles. The highest BCUT2D eigenvalue weighted by atomic mass is 35.5. The molecule has 0 fully saturated rings. The van der Waals surface area contributed by atoms with Crippen molar-refractivity contribution < 1.29 is 5.11 Å². The van der Waals surface area contributed by atoms with E-state index in [0.29, 0.717) is 10.7 Å². The second-order valence-corrected chi connectivity index (χ2v) is 6.74. The lowest BCUT2D eigenvalue weighted by Crippen LogP contribution is -2.33. The number of thiocarbonyl (C=S) groups is 1. The number of hydrazone groups is 1. The molecule has 4 N–H and O–H groups in total. The topological polar surface area (TPSA) is 112 Å². The Kier molecular flexibility index (Phi) is 6.10. The standard InChI is InChI=1S/C19H16ClN5O3S/c1-11(23-24-18(29)21-13-5-3-2-4-6-13)15-16(26)22-19(28)25(17(15)27)14-9-7-12(20)8-10-14/h2-10,27H,1H3,(H2,21,24,29)(H,22,26,28). The van der Waals surface area contributed by atoms with Crippen LogP contribution in [0.25, 0.3) is 5.69 Å². The largest absolute Gasteiger partial charge is 0.493 e. The van der Waals surface area contributed by atoms with Crippen molar-refractivity contribution in [3.63, 3.8) is 0 Å². The Morgan fingerprint density at radius 3 is 2.45 bits per heavy atom. The fraction of sp³-hybridized carbons (Fsp3) is 0.0526. The van der Waals surface area contributed by atoms with Crippen molar-refractivity contribution in [1.29, 1.82) is 0 Å². The van der Waals surface area contributed by atoms with Gasteiger partial charge in [0.05, 0.1) is 11.4 Å². The summed E-state index contributed by atoms with van der Waals surface area (Å²) in [5, 5.41) is 18.2. The van der Waals surface area contributed by atoms with Crippen molar-refractivity contribution in [2.45, 2.75) is 6.92 Å². The first kappa shape index (κ1) is 20.3. The van der Waals surface area contributed by atoms with Gasteiger partial charge in [0.15, 0.2) is 5.11 Å². The minimum Gasteiger partial charge on any atom is -0.493 e. The van der Waals surface area contributed by atoms with Gasteiger partial charge in [-0.3, -0.25) is 15.2 Å². The van der Waals surface area contributed by atoms with Crippen molar-refractivity contribution in [1.82, 2.24) is 15.0 Å². The number of benzene rings is 2. The van der Waals surface area contributed by atoms with Crippen molar-refractivity contribution in [3.8, 4) is 11.6 Å². The SMILES string of the molecule is CC(=NNC(=S)Nc1ccccc1)c1c(O)n(-c2ccc(Cl)cc2)c(=O)[nH]c1=O. The number of nitrogens with zero attached hydrogens (tertiary/aromatic N) is 2. The second-order valence-electron chi connectivity index (χ2n) is 5.90. The Hall–Kier alpha value is -3.43. The van der Waals surface area contributed by atoms with Crippen LogP contribution in [-0.2, 0) is 0 Å². The number of hydrogen-bond donors (Lipinski definition) is 4. The third-order valence-electron chi connectivity index (χ3n) is 3.89. The van der Waals surface area contributed by atoms with E-state index >= 15 is 0 Å². The zero-order chi connectivity index (χ0) is 21.0. The van der Waals surface area contributed by atoms with Gasteiger partial charge in [-0.05, 0) is 55.5 Å². The first-order chi connectivity index (χ1) is 13.9. The Morgan fingerprint density at radius 1 is 1.14 bits per heavy atom. The Bertz CT molecular complexity index is 1190. The van der Waals surface area contributed by atoms with Crippen molar-refractivity contribution in [2.24, 2.45) is 5.10 Å². The molecule has 0 saturated heterocycles. The molecule has 0 radical (unpaired) electrons. The summed E-state index contributed by atoms with van der Waals surface area (Å²) in [4.78, 5) is 26.7. The molecule has 0 bridgehead atoms. The van der Waals surface area contributed by atoms with Gasteiger partial charge in [-0.1, -0.05) is 29.8 Å². The number of aromatic hydroxyl groups is 1. The summed E-state index contributed by atoms with van der Waals surface area (Å²) in [6, 6.07) is 15.4. The molecule has 1 aromatic heterocycles. The van der Waals surface area contributed by atoms with Gasteiger partial charge in [0.1, 0.15) is 5.56 Å². The lowest BCUT2D eigenvalue weighted by molar-refractivity contribution is 0.429. The van der Waals surface area contributed by atoms with Crippen LogP contribution in [0.15, 0.2) is 69.3 Å². The van der Waals surface area contributed by atoms with E-state index in [1.807, 2.05) is 30.3 Å². The van der Waals surface area contributed by atoms with Gasteiger partial charge in [0, 0.05) is 10.7 Å². The van der Waals surface area contributed by atoms with E-state index in [0.717, 1.165) is 10.3 Å². The van der Waals surface area contributed by atoms with Crippen molar-refractivity contribution in [2.75, 3.05) is 5.32 Å². The third-order valence-corrected chi connectivity index (χ3v) is 4.33. The van der Waals surface area contributed by atoms with Gasteiger partial charge in [0.2, 0.25) is 5.88 Å². The summed E-state index contributed by atoms with van der Waals surface area (Å²) in [5.74, 6) is -0.550. The average molecular weight is 430 g/mol. The number of H-pyrrole nitrogens is 1. The van der Waals surface area contributed by atoms with Crippen LogP contribution in [0.3, 0.4) is 0 Å². The number of hydrogen-bond acceptors (Lipinski definition) is 5. The molecule has 3 rings (SSSR count). The van der Waals surface area contributed by atoms with Crippen LogP contribution < -0.4 is 22.0 Å². The van der Waals surface area contributed by atoms with Crippen LogP contribution in [-0.4, -0.2) is 25.5 Å². The highest BCUT2D eigenvalue weighted by molar-refractivity contribution is 7.80. The maximum absolute atomic E-state index is 12.3. The molecule has 0 spiro atoms. The van der Waals surface area contributed by atoms with Crippen LogP contribution in [0.2, 0.25) is 5.02 Å². The summed E-state index contributed by atoms with van der Waals surface area (Å²) in [7, 11) is 0. The Morgan fingerprint density at radius 2 is 1.79 bits per heavy atom. The zero-order valence-electron chi connectivity index (χ0n) is 15.1. The summed E-state index contributed by atoms with van der Waals surface area (Å²) < 4.78 is 0.951. The summed E-state index contributed by atoms with van der Waals surface area (Å²) in [6.45, 7) is 1.50. The summed E-state index contributed by atoms with van der Waals surface area (Å²) in [5.41, 5.74) is 2.08. The molecule has 8 nitrogen and oxygen atoms in total. The molecule has 0 atom stereocenters. The molecular formula is C19H16ClN5O3S. The van der Waals surface area contributed by atoms with E-state index in [1.165, 1.54) is 19.1 Å².